The van der Waals surface area contributed by atoms with E-state index in [0.717, 1.165) is 22.4 Å². The zero-order valence-corrected chi connectivity index (χ0v) is 16.9. The fraction of sp³-hybridized carbons (Fsp3) is 0.105. The molecule has 144 valence electrons. The molecule has 5 aromatic rings. The van der Waals surface area contributed by atoms with Crippen molar-refractivity contribution in [3.63, 3.8) is 0 Å². The molecule has 0 aliphatic rings. The summed E-state index contributed by atoms with van der Waals surface area (Å²) in [6, 6.07) is 14.1. The van der Waals surface area contributed by atoms with Crippen LogP contribution in [0.1, 0.15) is 6.92 Å². The van der Waals surface area contributed by atoms with Gasteiger partial charge < -0.3 is 4.57 Å². The first-order chi connectivity index (χ1) is 14.2. The van der Waals surface area contributed by atoms with E-state index < -0.39 is 0 Å². The minimum Gasteiger partial charge on any atom is -0.301 e. The van der Waals surface area contributed by atoms with Crippen LogP contribution >= 0.6 is 23.1 Å². The molecule has 0 saturated heterocycles. The first kappa shape index (κ1) is 18.0. The minimum absolute atomic E-state index is 0.353. The second-order valence-electron chi connectivity index (χ2n) is 6.07. The Morgan fingerprint density at radius 3 is 2.62 bits per heavy atom. The van der Waals surface area contributed by atoms with E-state index in [2.05, 4.69) is 32.4 Å². The highest BCUT2D eigenvalue weighted by atomic mass is 32.2. The van der Waals surface area contributed by atoms with Crippen LogP contribution in [0.4, 0.5) is 4.39 Å². The molecule has 0 saturated carbocycles. The first-order valence-corrected chi connectivity index (χ1v) is 10.6. The molecule has 0 spiro atoms. The van der Waals surface area contributed by atoms with Gasteiger partial charge >= 0.3 is 0 Å². The fourth-order valence-corrected chi connectivity index (χ4v) is 4.54. The van der Waals surface area contributed by atoms with Crippen LogP contribution in [0.3, 0.4) is 0 Å². The van der Waals surface area contributed by atoms with Crippen molar-refractivity contribution in [1.82, 2.24) is 34.6 Å². The van der Waals surface area contributed by atoms with Gasteiger partial charge in [0.05, 0.1) is 10.4 Å². The molecule has 0 bridgehead atoms. The van der Waals surface area contributed by atoms with Gasteiger partial charge in [0, 0.05) is 6.54 Å². The Labute approximate surface area is 173 Å². The van der Waals surface area contributed by atoms with Gasteiger partial charge in [-0.3, -0.25) is 0 Å². The highest BCUT2D eigenvalue weighted by molar-refractivity contribution is 7.99. The van der Waals surface area contributed by atoms with Gasteiger partial charge in [-0.15, -0.1) is 31.7 Å². The van der Waals surface area contributed by atoms with Crippen molar-refractivity contribution in [1.29, 1.82) is 0 Å². The summed E-state index contributed by atoms with van der Waals surface area (Å²) in [6.45, 7) is 2.79. The van der Waals surface area contributed by atoms with Crippen LogP contribution < -0.4 is 0 Å². The van der Waals surface area contributed by atoms with Crippen molar-refractivity contribution in [2.24, 2.45) is 0 Å². The van der Waals surface area contributed by atoms with E-state index in [4.69, 9.17) is 0 Å². The summed E-state index contributed by atoms with van der Waals surface area (Å²) < 4.78 is 17.8. The SMILES string of the molecule is CCn1c(Sc2ccc3nnc(-c4ccccc4F)n3n2)nnc1-c1cccs1. The molecule has 29 heavy (non-hydrogen) atoms. The summed E-state index contributed by atoms with van der Waals surface area (Å²) in [7, 11) is 0. The Kier molecular flexibility index (Phi) is 4.57. The number of aromatic nitrogens is 7. The Morgan fingerprint density at radius 2 is 1.83 bits per heavy atom. The number of halogens is 1. The van der Waals surface area contributed by atoms with Crippen molar-refractivity contribution >= 4 is 28.7 Å². The van der Waals surface area contributed by atoms with E-state index in [1.54, 1.807) is 40.1 Å². The van der Waals surface area contributed by atoms with Crippen LogP contribution in [0.15, 0.2) is 64.1 Å². The molecule has 0 N–H and O–H groups in total. The van der Waals surface area contributed by atoms with Crippen LogP contribution in [0.5, 0.6) is 0 Å². The zero-order chi connectivity index (χ0) is 19.8. The molecule has 0 fully saturated rings. The van der Waals surface area contributed by atoms with Gasteiger partial charge in [0.25, 0.3) is 0 Å². The molecule has 0 atom stereocenters. The van der Waals surface area contributed by atoms with E-state index in [-0.39, 0.29) is 5.82 Å². The Morgan fingerprint density at radius 1 is 0.966 bits per heavy atom. The lowest BCUT2D eigenvalue weighted by molar-refractivity contribution is 0.628. The van der Waals surface area contributed by atoms with Gasteiger partial charge in [-0.05, 0) is 54.4 Å². The fourth-order valence-electron chi connectivity index (χ4n) is 2.97. The number of nitrogens with zero attached hydrogens (tertiary/aromatic N) is 7. The molecule has 10 heteroatoms. The predicted octanol–water partition coefficient (Wildman–Crippen LogP) is 4.42. The van der Waals surface area contributed by atoms with Gasteiger partial charge in [-0.2, -0.15) is 9.61 Å². The van der Waals surface area contributed by atoms with E-state index >= 15 is 0 Å². The summed E-state index contributed by atoms with van der Waals surface area (Å²) in [4.78, 5) is 1.07. The van der Waals surface area contributed by atoms with Crippen molar-refractivity contribution in [2.75, 3.05) is 0 Å². The summed E-state index contributed by atoms with van der Waals surface area (Å²) >= 11 is 3.02. The number of rotatable bonds is 5. The zero-order valence-electron chi connectivity index (χ0n) is 15.2. The quantitative estimate of drug-likeness (QED) is 0.417. The monoisotopic (exact) mass is 423 g/mol. The number of fused-ring (bicyclic) bond motifs is 1. The molecule has 1 aromatic carbocycles. The maximum absolute atomic E-state index is 14.2. The third-order valence-electron chi connectivity index (χ3n) is 4.32. The normalized spacial score (nSPS) is 11.4. The average molecular weight is 424 g/mol. The Balaban J connectivity index is 1.54. The Bertz CT molecular complexity index is 1290. The smallest absolute Gasteiger partial charge is 0.197 e. The highest BCUT2D eigenvalue weighted by Gasteiger charge is 2.17. The molecule has 4 aromatic heterocycles. The van der Waals surface area contributed by atoms with E-state index in [0.29, 0.717) is 22.1 Å². The summed E-state index contributed by atoms with van der Waals surface area (Å²) in [5, 5.41) is 25.0. The van der Waals surface area contributed by atoms with Gasteiger partial charge in [0.1, 0.15) is 10.8 Å². The van der Waals surface area contributed by atoms with Gasteiger partial charge in [-0.1, -0.05) is 18.2 Å². The number of hydrogen-bond acceptors (Lipinski definition) is 7. The number of hydrogen-bond donors (Lipinski definition) is 0. The topological polar surface area (TPSA) is 73.8 Å². The third kappa shape index (κ3) is 3.19. The largest absolute Gasteiger partial charge is 0.301 e. The second-order valence-corrected chi connectivity index (χ2v) is 8.01. The predicted molar refractivity (Wildman–Crippen MR) is 109 cm³/mol. The molecule has 0 aliphatic heterocycles. The molecule has 0 unspecified atom stereocenters. The lowest BCUT2D eigenvalue weighted by atomic mass is 10.2. The van der Waals surface area contributed by atoms with Crippen LogP contribution in [0.25, 0.3) is 27.7 Å². The Hall–Kier alpha value is -3.11. The summed E-state index contributed by atoms with van der Waals surface area (Å²) in [5.41, 5.74) is 0.898. The van der Waals surface area contributed by atoms with E-state index in [1.165, 1.54) is 17.8 Å². The lowest BCUT2D eigenvalue weighted by Crippen LogP contribution is -2.01. The molecular formula is C19H14FN7S2. The third-order valence-corrected chi connectivity index (χ3v) is 6.10. The summed E-state index contributed by atoms with van der Waals surface area (Å²) in [6.07, 6.45) is 0. The minimum atomic E-state index is -0.368. The van der Waals surface area contributed by atoms with Gasteiger partial charge in [-0.25, -0.2) is 4.39 Å². The van der Waals surface area contributed by atoms with E-state index in [9.17, 15) is 4.39 Å². The molecule has 5 rings (SSSR count). The van der Waals surface area contributed by atoms with Gasteiger partial charge in [0.15, 0.2) is 22.5 Å². The standard InChI is InChI=1S/C19H14FN7S2/c1-2-26-18(14-8-5-11-28-14)23-24-19(26)29-16-10-9-15-21-22-17(27(15)25-16)12-6-3-4-7-13(12)20/h3-11H,2H2,1H3. The van der Waals surface area contributed by atoms with Crippen LogP contribution in [-0.2, 0) is 6.54 Å². The second kappa shape index (κ2) is 7.37. The van der Waals surface area contributed by atoms with Crippen molar-refractivity contribution in [3.8, 4) is 22.1 Å². The van der Waals surface area contributed by atoms with Crippen molar-refractivity contribution < 1.29 is 4.39 Å². The van der Waals surface area contributed by atoms with Gasteiger partial charge in [0.2, 0.25) is 0 Å². The van der Waals surface area contributed by atoms with Crippen molar-refractivity contribution in [2.45, 2.75) is 23.7 Å². The number of thiophene rings is 1. The average Bonchev–Trinajstić information content (AvgIpc) is 3.47. The van der Waals surface area contributed by atoms with Crippen LogP contribution in [0.2, 0.25) is 0 Å². The molecule has 4 heterocycles. The lowest BCUT2D eigenvalue weighted by Gasteiger charge is -2.06. The highest BCUT2D eigenvalue weighted by Crippen LogP contribution is 2.31. The van der Waals surface area contributed by atoms with Crippen LogP contribution in [0, 0.1) is 5.82 Å². The first-order valence-electron chi connectivity index (χ1n) is 8.87. The molecular weight excluding hydrogens is 409 g/mol. The molecule has 7 nitrogen and oxygen atoms in total. The van der Waals surface area contributed by atoms with Crippen LogP contribution in [-0.4, -0.2) is 34.6 Å². The maximum atomic E-state index is 14.2. The van der Waals surface area contributed by atoms with Crippen molar-refractivity contribution in [3.05, 3.63) is 59.7 Å². The molecule has 0 radical (unpaired) electrons. The molecule has 0 aliphatic carbocycles. The summed E-state index contributed by atoms with van der Waals surface area (Å²) in [5.74, 6) is 0.826. The maximum Gasteiger partial charge on any atom is 0.197 e. The van der Waals surface area contributed by atoms with E-state index in [1.807, 2.05) is 28.1 Å². The number of benzene rings is 1. The molecule has 0 amide bonds.